The first-order valence-electron chi connectivity index (χ1n) is 7.90. The van der Waals surface area contributed by atoms with Gasteiger partial charge in [-0.3, -0.25) is 0 Å². The predicted octanol–water partition coefficient (Wildman–Crippen LogP) is 5.55. The fraction of sp³-hybridized carbons (Fsp3) is 0.312. The lowest BCUT2D eigenvalue weighted by Gasteiger charge is -2.11. The van der Waals surface area contributed by atoms with Gasteiger partial charge in [0.2, 0.25) is 0 Å². The van der Waals surface area contributed by atoms with Crippen molar-refractivity contribution < 1.29 is 13.2 Å². The Bertz CT molecular complexity index is 895. The highest BCUT2D eigenvalue weighted by Gasteiger charge is 2.26. The van der Waals surface area contributed by atoms with Crippen LogP contribution in [-0.2, 0) is 6.54 Å². The highest BCUT2D eigenvalue weighted by molar-refractivity contribution is 7.99. The lowest BCUT2D eigenvalue weighted by atomic mass is 10.2. The highest BCUT2D eigenvalue weighted by atomic mass is 35.5. The van der Waals surface area contributed by atoms with Crippen molar-refractivity contribution in [2.45, 2.75) is 42.0 Å². The van der Waals surface area contributed by atoms with Crippen LogP contribution in [0.2, 0.25) is 10.0 Å². The Morgan fingerprint density at radius 1 is 1.07 bits per heavy atom. The zero-order chi connectivity index (χ0) is 19.6. The van der Waals surface area contributed by atoms with Crippen LogP contribution in [0.4, 0.5) is 19.0 Å². The van der Waals surface area contributed by atoms with Crippen molar-refractivity contribution in [3.8, 4) is 11.5 Å². The van der Waals surface area contributed by atoms with Crippen molar-refractivity contribution in [2.24, 2.45) is 0 Å². The number of fused-ring (bicyclic) bond motifs is 1. The molecule has 2 aliphatic heterocycles. The molecule has 0 aromatic heterocycles. The number of nitrogens with two attached hydrogens (primary N) is 1. The van der Waals surface area contributed by atoms with Crippen LogP contribution in [0, 0.1) is 0 Å². The molecule has 5 nitrogen and oxygen atoms in total. The van der Waals surface area contributed by atoms with Gasteiger partial charge < -0.3 is 10.3 Å². The van der Waals surface area contributed by atoms with Crippen molar-refractivity contribution in [3.63, 3.8) is 0 Å². The molecular weight excluding hydrogens is 422 g/mol. The Hall–Kier alpha value is -1.71. The van der Waals surface area contributed by atoms with E-state index in [4.69, 9.17) is 28.9 Å². The molecular formula is C16H14Cl2F3N5S. The monoisotopic (exact) mass is 435 g/mol. The lowest BCUT2D eigenvalue weighted by molar-refractivity contribution is -0.135. The van der Waals surface area contributed by atoms with Crippen LogP contribution in [0.3, 0.4) is 0 Å². The second-order valence-electron chi connectivity index (χ2n) is 5.78. The van der Waals surface area contributed by atoms with E-state index in [-0.39, 0.29) is 12.2 Å². The summed E-state index contributed by atoms with van der Waals surface area (Å²) in [5.41, 5.74) is 6.27. The summed E-state index contributed by atoms with van der Waals surface area (Å²) in [6.45, 7) is 0.339. The quantitative estimate of drug-likeness (QED) is 0.513. The van der Waals surface area contributed by atoms with Crippen LogP contribution in [0.5, 0.6) is 0 Å². The van der Waals surface area contributed by atoms with Gasteiger partial charge in [0.15, 0.2) is 22.5 Å². The molecule has 3 rings (SSSR count). The molecule has 1 aromatic rings. The Balaban J connectivity index is 1.78. The highest BCUT2D eigenvalue weighted by Crippen LogP contribution is 2.34. The first-order chi connectivity index (χ1) is 12.7. The van der Waals surface area contributed by atoms with Crippen molar-refractivity contribution in [1.82, 2.24) is 19.5 Å². The molecule has 0 saturated carbocycles. The molecule has 11 heteroatoms. The smallest absolute Gasteiger partial charge is 0.382 e. The van der Waals surface area contributed by atoms with Gasteiger partial charge in [-0.25, -0.2) is 15.0 Å². The molecule has 0 aliphatic carbocycles. The normalized spacial score (nSPS) is 12.0. The molecule has 1 aromatic carbocycles. The van der Waals surface area contributed by atoms with E-state index in [1.807, 2.05) is 0 Å². The average Bonchev–Trinajstić information content (AvgIpc) is 2.96. The van der Waals surface area contributed by atoms with Crippen LogP contribution in [0.15, 0.2) is 34.6 Å². The first kappa shape index (κ1) is 20.0. The third kappa shape index (κ3) is 5.40. The molecule has 2 N–H and O–H groups in total. The predicted molar refractivity (Wildman–Crippen MR) is 99.3 cm³/mol. The zero-order valence-corrected chi connectivity index (χ0v) is 16.1. The van der Waals surface area contributed by atoms with Gasteiger partial charge in [0.1, 0.15) is 0 Å². The molecule has 0 unspecified atom stereocenters. The Morgan fingerprint density at radius 2 is 1.78 bits per heavy atom. The number of unbranched alkanes of at least 4 members (excludes halogenated alkanes) is 1. The fourth-order valence-electron chi connectivity index (χ4n) is 2.44. The van der Waals surface area contributed by atoms with E-state index in [9.17, 15) is 13.2 Å². The van der Waals surface area contributed by atoms with Crippen LogP contribution in [0.25, 0.3) is 11.5 Å². The van der Waals surface area contributed by atoms with E-state index < -0.39 is 12.6 Å². The van der Waals surface area contributed by atoms with Crippen molar-refractivity contribution in [2.75, 3.05) is 5.73 Å². The van der Waals surface area contributed by atoms with Gasteiger partial charge in [0.05, 0.1) is 6.33 Å². The number of anilines is 1. The Kier molecular flexibility index (Phi) is 6.02. The van der Waals surface area contributed by atoms with Crippen LogP contribution in [0.1, 0.15) is 19.3 Å². The van der Waals surface area contributed by atoms with Crippen molar-refractivity contribution >= 4 is 40.8 Å². The summed E-state index contributed by atoms with van der Waals surface area (Å²) in [6.07, 6.45) is -3.14. The van der Waals surface area contributed by atoms with Gasteiger partial charge in [0, 0.05) is 27.9 Å². The van der Waals surface area contributed by atoms with Gasteiger partial charge in [0.25, 0.3) is 0 Å². The second kappa shape index (κ2) is 8.12. The minimum absolute atomic E-state index is 0.0269. The number of hydrogen-bond donors (Lipinski definition) is 1. The number of hydrogen-bond acceptors (Lipinski definition) is 5. The van der Waals surface area contributed by atoms with Gasteiger partial charge in [-0.05, 0) is 42.8 Å². The van der Waals surface area contributed by atoms with Gasteiger partial charge in [-0.2, -0.15) is 13.2 Å². The maximum atomic E-state index is 12.3. The van der Waals surface area contributed by atoms with E-state index in [1.54, 1.807) is 22.8 Å². The molecule has 0 atom stereocenters. The fourth-order valence-corrected chi connectivity index (χ4v) is 3.95. The zero-order valence-electron chi connectivity index (χ0n) is 13.8. The van der Waals surface area contributed by atoms with Crippen molar-refractivity contribution in [3.05, 3.63) is 34.6 Å². The maximum Gasteiger partial charge on any atom is 0.389 e. The number of alkyl halides is 3. The average molecular weight is 436 g/mol. The van der Waals surface area contributed by atoms with E-state index in [1.165, 1.54) is 18.1 Å². The largest absolute Gasteiger partial charge is 0.389 e. The molecule has 27 heavy (non-hydrogen) atoms. The number of nitrogens with zero attached hydrogens (tertiary/aromatic N) is 4. The van der Waals surface area contributed by atoms with Crippen LogP contribution >= 0.6 is 35.0 Å². The van der Waals surface area contributed by atoms with Crippen molar-refractivity contribution in [1.29, 1.82) is 0 Å². The molecule has 0 radical (unpaired) electrons. The first-order valence-corrected chi connectivity index (χ1v) is 9.47. The van der Waals surface area contributed by atoms with Crippen LogP contribution < -0.4 is 5.73 Å². The van der Waals surface area contributed by atoms with Gasteiger partial charge in [-0.1, -0.05) is 23.2 Å². The lowest BCUT2D eigenvalue weighted by Crippen LogP contribution is -2.10. The molecule has 144 valence electrons. The summed E-state index contributed by atoms with van der Waals surface area (Å²) >= 11 is 13.2. The molecule has 0 fully saturated rings. The summed E-state index contributed by atoms with van der Waals surface area (Å²) in [4.78, 5) is 13.6. The summed E-state index contributed by atoms with van der Waals surface area (Å²) in [7, 11) is 0. The minimum Gasteiger partial charge on any atom is -0.382 e. The number of nitrogen functional groups attached to an aromatic ring is 1. The standard InChI is InChI=1S/C16H14Cl2F3N5S/c17-9-5-10(18)7-11(6-9)27-15-24-12-13(22)23-8-26(14(12)25-15)4-2-1-3-16(19,20)21/h5-8H,1-4,22H2. The number of benzene rings is 1. The SMILES string of the molecule is Nc1ncn(CCCCC(F)(F)F)c2nc(Sc3cc(Cl)cc(Cl)c3)nc1-2. The van der Waals surface area contributed by atoms with E-state index in [2.05, 4.69) is 15.0 Å². The number of aromatic nitrogens is 4. The summed E-state index contributed by atoms with van der Waals surface area (Å²) < 4.78 is 38.5. The number of imidazole rings is 1. The van der Waals surface area contributed by atoms with Gasteiger partial charge in [-0.15, -0.1) is 0 Å². The van der Waals surface area contributed by atoms with Crippen LogP contribution in [-0.4, -0.2) is 25.7 Å². The third-order valence-electron chi connectivity index (χ3n) is 3.63. The summed E-state index contributed by atoms with van der Waals surface area (Å²) in [5.74, 6) is 0.685. The molecule has 0 amide bonds. The molecule has 0 spiro atoms. The number of aryl methyl sites for hydroxylation is 1. The van der Waals surface area contributed by atoms with Gasteiger partial charge >= 0.3 is 6.18 Å². The molecule has 2 aliphatic rings. The summed E-state index contributed by atoms with van der Waals surface area (Å²) in [6, 6.07) is 5.07. The maximum absolute atomic E-state index is 12.3. The van der Waals surface area contributed by atoms with E-state index >= 15 is 0 Å². The summed E-state index contributed by atoms with van der Waals surface area (Å²) in [5, 5.41) is 1.40. The number of halogens is 5. The third-order valence-corrected chi connectivity index (χ3v) is 4.90. The Morgan fingerprint density at radius 3 is 2.44 bits per heavy atom. The van der Waals surface area contributed by atoms with E-state index in [0.29, 0.717) is 39.7 Å². The van der Waals surface area contributed by atoms with E-state index in [0.717, 1.165) is 4.90 Å². The number of rotatable bonds is 6. The molecule has 2 heterocycles. The molecule has 0 saturated heterocycles. The second-order valence-corrected chi connectivity index (χ2v) is 7.69. The Labute approximate surface area is 167 Å². The molecule has 0 bridgehead atoms. The topological polar surface area (TPSA) is 69.6 Å². The minimum atomic E-state index is -4.15.